The lowest BCUT2D eigenvalue weighted by atomic mass is 9.99. The number of aliphatic hydroxyl groups excluding tert-OH is 1. The lowest BCUT2D eigenvalue weighted by Gasteiger charge is -2.20. The number of benzene rings is 3. The molecule has 1 atom stereocenters. The van der Waals surface area contributed by atoms with E-state index in [0.717, 1.165) is 33.8 Å². The van der Waals surface area contributed by atoms with Crippen molar-refractivity contribution in [3.8, 4) is 0 Å². The maximum atomic E-state index is 12.8. The van der Waals surface area contributed by atoms with Gasteiger partial charge in [0.25, 0.3) is 0 Å². The summed E-state index contributed by atoms with van der Waals surface area (Å²) < 4.78 is 27.0. The Kier molecular flexibility index (Phi) is 6.32. The van der Waals surface area contributed by atoms with Crippen LogP contribution in [-0.4, -0.2) is 37.1 Å². The van der Waals surface area contributed by atoms with Crippen LogP contribution < -0.4 is 10.6 Å². The number of hydrogen-bond acceptors (Lipinski definition) is 5. The Bertz CT molecular complexity index is 1220. The fourth-order valence-electron chi connectivity index (χ4n) is 3.95. The van der Waals surface area contributed by atoms with Gasteiger partial charge < -0.3 is 15.7 Å². The Morgan fingerprint density at radius 1 is 0.938 bits per heavy atom. The molecule has 6 nitrogen and oxygen atoms in total. The molecule has 0 fully saturated rings. The van der Waals surface area contributed by atoms with Crippen molar-refractivity contribution in [1.82, 2.24) is 4.31 Å². The van der Waals surface area contributed by atoms with Crippen molar-refractivity contribution in [3.05, 3.63) is 90.0 Å². The molecule has 0 saturated carbocycles. The average Bonchev–Trinajstić information content (AvgIpc) is 3.14. The number of anilines is 2. The highest BCUT2D eigenvalue weighted by Gasteiger charge is 2.28. The maximum absolute atomic E-state index is 12.8. The van der Waals surface area contributed by atoms with Gasteiger partial charge in [0.05, 0.1) is 10.6 Å². The van der Waals surface area contributed by atoms with Crippen LogP contribution in [0.15, 0.2) is 83.8 Å². The van der Waals surface area contributed by atoms with Crippen LogP contribution in [0, 0.1) is 0 Å². The third-order valence-electron chi connectivity index (χ3n) is 5.58. The highest BCUT2D eigenvalue weighted by molar-refractivity contribution is 7.89. The normalized spacial score (nSPS) is 17.1. The van der Waals surface area contributed by atoms with E-state index in [2.05, 4.69) is 10.6 Å². The summed E-state index contributed by atoms with van der Waals surface area (Å²) in [5.41, 5.74) is 4.94. The smallest absolute Gasteiger partial charge is 0.243 e. The largest absolute Gasteiger partial charge is 0.369 e. The molecule has 3 N–H and O–H groups in total. The summed E-state index contributed by atoms with van der Waals surface area (Å²) in [5.74, 6) is 0. The SMILES string of the molecule is CCN(CC)S(=O)(=O)c1ccc(N/C(=C2/c3ccccc3NC2O)c2ccccc2)cc1. The monoisotopic (exact) mass is 449 g/mol. The first-order chi connectivity index (χ1) is 15.5. The minimum Gasteiger partial charge on any atom is -0.369 e. The van der Waals surface area contributed by atoms with Crippen LogP contribution in [0.2, 0.25) is 0 Å². The van der Waals surface area contributed by atoms with Crippen LogP contribution in [0.1, 0.15) is 25.0 Å². The van der Waals surface area contributed by atoms with Crippen LogP contribution in [0.3, 0.4) is 0 Å². The van der Waals surface area contributed by atoms with Gasteiger partial charge in [0.15, 0.2) is 6.23 Å². The van der Waals surface area contributed by atoms with Crippen molar-refractivity contribution in [3.63, 3.8) is 0 Å². The molecule has 1 aliphatic rings. The van der Waals surface area contributed by atoms with E-state index in [9.17, 15) is 13.5 Å². The fraction of sp³-hybridized carbons (Fsp3) is 0.200. The van der Waals surface area contributed by atoms with Crippen molar-refractivity contribution in [2.75, 3.05) is 23.7 Å². The molecule has 0 radical (unpaired) electrons. The molecule has 0 spiro atoms. The molecule has 166 valence electrons. The molecule has 7 heteroatoms. The zero-order valence-corrected chi connectivity index (χ0v) is 18.9. The molecule has 3 aromatic carbocycles. The number of hydrogen-bond donors (Lipinski definition) is 3. The number of nitrogens with one attached hydrogen (secondary N) is 2. The van der Waals surface area contributed by atoms with Crippen LogP contribution in [0.4, 0.5) is 11.4 Å². The number of para-hydroxylation sites is 1. The van der Waals surface area contributed by atoms with Crippen molar-refractivity contribution in [2.24, 2.45) is 0 Å². The van der Waals surface area contributed by atoms with Crippen LogP contribution >= 0.6 is 0 Å². The molecule has 3 aromatic rings. The highest BCUT2D eigenvalue weighted by Crippen LogP contribution is 2.39. The summed E-state index contributed by atoms with van der Waals surface area (Å²) in [7, 11) is -3.52. The first-order valence-electron chi connectivity index (χ1n) is 10.7. The summed E-state index contributed by atoms with van der Waals surface area (Å²) in [5, 5.41) is 17.3. The summed E-state index contributed by atoms with van der Waals surface area (Å²) in [6.45, 7) is 4.50. The average molecular weight is 450 g/mol. The molecule has 1 aliphatic heterocycles. The van der Waals surface area contributed by atoms with E-state index < -0.39 is 16.3 Å². The van der Waals surface area contributed by atoms with E-state index in [0.29, 0.717) is 13.1 Å². The van der Waals surface area contributed by atoms with Gasteiger partial charge in [-0.2, -0.15) is 4.31 Å². The van der Waals surface area contributed by atoms with Gasteiger partial charge in [-0.25, -0.2) is 8.42 Å². The summed E-state index contributed by atoms with van der Waals surface area (Å²) >= 11 is 0. The van der Waals surface area contributed by atoms with E-state index >= 15 is 0 Å². The summed E-state index contributed by atoms with van der Waals surface area (Å²) in [4.78, 5) is 0.258. The first kappa shape index (κ1) is 22.1. The lowest BCUT2D eigenvalue weighted by Crippen LogP contribution is -2.30. The molecule has 0 saturated heterocycles. The van der Waals surface area contributed by atoms with E-state index in [-0.39, 0.29) is 4.90 Å². The predicted octanol–water partition coefficient (Wildman–Crippen LogP) is 4.44. The van der Waals surface area contributed by atoms with Gasteiger partial charge >= 0.3 is 0 Å². The molecular weight excluding hydrogens is 422 g/mol. The molecule has 32 heavy (non-hydrogen) atoms. The summed E-state index contributed by atoms with van der Waals surface area (Å²) in [6, 6.07) is 24.3. The standard InChI is InChI=1S/C25H27N3O3S/c1-3-28(4-2)32(30,31)20-16-14-19(15-17-20)26-24(18-10-6-5-7-11-18)23-21-12-8-9-13-22(21)27-25(23)29/h5-17,25-27,29H,3-4H2,1-2H3/b24-23-. The molecule has 0 amide bonds. The second-order valence-electron chi connectivity index (χ2n) is 7.49. The van der Waals surface area contributed by atoms with Gasteiger partial charge in [0, 0.05) is 35.6 Å². The Balaban J connectivity index is 1.75. The predicted molar refractivity (Wildman–Crippen MR) is 129 cm³/mol. The Hall–Kier alpha value is -3.13. The van der Waals surface area contributed by atoms with E-state index in [4.69, 9.17) is 0 Å². The molecule has 4 rings (SSSR count). The quantitative estimate of drug-likeness (QED) is 0.497. The number of nitrogens with zero attached hydrogens (tertiary/aromatic N) is 1. The van der Waals surface area contributed by atoms with Crippen LogP contribution in [0.5, 0.6) is 0 Å². The molecule has 1 unspecified atom stereocenters. The number of rotatable bonds is 7. The lowest BCUT2D eigenvalue weighted by molar-refractivity contribution is 0.266. The van der Waals surface area contributed by atoms with E-state index in [1.54, 1.807) is 24.3 Å². The topological polar surface area (TPSA) is 81.7 Å². The third-order valence-corrected chi connectivity index (χ3v) is 7.65. The number of aliphatic hydroxyl groups is 1. The van der Waals surface area contributed by atoms with Crippen molar-refractivity contribution >= 4 is 32.7 Å². The van der Waals surface area contributed by atoms with Crippen LogP contribution in [0.25, 0.3) is 11.3 Å². The van der Waals surface area contributed by atoms with Crippen molar-refractivity contribution in [2.45, 2.75) is 25.0 Å². The molecular formula is C25H27N3O3S. The minimum atomic E-state index is -3.52. The van der Waals surface area contributed by atoms with Gasteiger partial charge in [-0.3, -0.25) is 0 Å². The summed E-state index contributed by atoms with van der Waals surface area (Å²) in [6.07, 6.45) is -0.863. The van der Waals surface area contributed by atoms with Gasteiger partial charge in [-0.1, -0.05) is 62.4 Å². The Morgan fingerprint density at radius 3 is 2.22 bits per heavy atom. The highest BCUT2D eigenvalue weighted by atomic mass is 32.2. The Morgan fingerprint density at radius 2 is 1.56 bits per heavy atom. The maximum Gasteiger partial charge on any atom is 0.243 e. The number of fused-ring (bicyclic) bond motifs is 1. The second-order valence-corrected chi connectivity index (χ2v) is 9.42. The molecule has 0 aliphatic carbocycles. The van der Waals surface area contributed by atoms with Crippen molar-refractivity contribution in [1.29, 1.82) is 0 Å². The van der Waals surface area contributed by atoms with Gasteiger partial charge in [-0.15, -0.1) is 0 Å². The fourth-order valence-corrected chi connectivity index (χ4v) is 5.41. The Labute approximate surface area is 189 Å². The van der Waals surface area contributed by atoms with Crippen molar-refractivity contribution < 1.29 is 13.5 Å². The third kappa shape index (κ3) is 4.14. The molecule has 0 bridgehead atoms. The first-order valence-corrected chi connectivity index (χ1v) is 12.1. The zero-order chi connectivity index (χ0) is 22.7. The zero-order valence-electron chi connectivity index (χ0n) is 18.1. The minimum absolute atomic E-state index is 0.258. The molecule has 0 aromatic heterocycles. The van der Waals surface area contributed by atoms with E-state index in [1.807, 2.05) is 68.4 Å². The van der Waals surface area contributed by atoms with Gasteiger partial charge in [-0.05, 0) is 35.9 Å². The van der Waals surface area contributed by atoms with Gasteiger partial charge in [0.2, 0.25) is 10.0 Å². The van der Waals surface area contributed by atoms with E-state index in [1.165, 1.54) is 4.31 Å². The number of sulfonamides is 1. The van der Waals surface area contributed by atoms with Crippen LogP contribution in [-0.2, 0) is 10.0 Å². The second kappa shape index (κ2) is 9.16. The molecule has 1 heterocycles. The van der Waals surface area contributed by atoms with Gasteiger partial charge in [0.1, 0.15) is 0 Å².